The second-order valence-electron chi connectivity index (χ2n) is 6.95. The van der Waals surface area contributed by atoms with Crippen LogP contribution < -0.4 is 38.4 Å². The van der Waals surface area contributed by atoms with Crippen molar-refractivity contribution in [1.29, 1.82) is 0 Å². The molecule has 0 aliphatic carbocycles. The fraction of sp³-hybridized carbons (Fsp3) is 0.222. The highest BCUT2D eigenvalue weighted by Gasteiger charge is 2.33. The lowest BCUT2D eigenvalue weighted by Crippen LogP contribution is -2.43. The van der Waals surface area contributed by atoms with Crippen molar-refractivity contribution in [1.82, 2.24) is 15.2 Å². The first-order chi connectivity index (χ1) is 16.2. The van der Waals surface area contributed by atoms with E-state index in [4.69, 9.17) is 28.2 Å². The van der Waals surface area contributed by atoms with Gasteiger partial charge in [-0.2, -0.15) is 0 Å². The number of thiazole rings is 1. The van der Waals surface area contributed by atoms with Gasteiger partial charge >= 0.3 is 0 Å². The summed E-state index contributed by atoms with van der Waals surface area (Å²) in [6, 6.07) is 7.46. The fourth-order valence-electron chi connectivity index (χ4n) is 3.27. The molecule has 13 nitrogen and oxygen atoms in total. The number of nitrogens with two attached hydrogens (primary N) is 5. The highest BCUT2D eigenvalue weighted by Crippen LogP contribution is 2.37. The van der Waals surface area contributed by atoms with Crippen LogP contribution in [0.1, 0.15) is 10.6 Å². The van der Waals surface area contributed by atoms with Crippen molar-refractivity contribution in [3.05, 3.63) is 40.9 Å². The number of hydrogen-bond acceptors (Lipinski definition) is 12. The zero-order chi connectivity index (χ0) is 25.0. The molecule has 0 fully saturated rings. The number of rotatable bonds is 10. The first kappa shape index (κ1) is 26.2. The Hall–Kier alpha value is -2.38. The number of hydrogen-bond donors (Lipinski definition) is 8. The first-order valence-electron chi connectivity index (χ1n) is 9.72. The molecular formula is C18H25N9O4S3. The standard InChI is InChI=1S/C18H25N9O4S3/c19-6-9(8-28)26-33(29)13-5-4-10(15(18(21)25-27-22)17(13)34(23,30)31)11-2-1-3-12-16(11)24-14(7-20)32-12/h1-5,9,26-28H,6-8,19-20,22H2,(H2,21,25)(H2,23,30,31). The summed E-state index contributed by atoms with van der Waals surface area (Å²) < 4.78 is 42.0. The van der Waals surface area contributed by atoms with Crippen molar-refractivity contribution < 1.29 is 18.1 Å². The lowest BCUT2D eigenvalue weighted by Gasteiger charge is -2.21. The molecule has 1 heterocycles. The number of fused-ring (bicyclic) bond motifs is 1. The van der Waals surface area contributed by atoms with E-state index in [1.807, 2.05) is 11.6 Å². The summed E-state index contributed by atoms with van der Waals surface area (Å²) in [4.78, 5) is 3.82. The predicted molar refractivity (Wildman–Crippen MR) is 132 cm³/mol. The number of aliphatic hydroxyl groups excluding tert-OH is 1. The average Bonchev–Trinajstić information content (AvgIpc) is 3.24. The Balaban J connectivity index is 2.37. The van der Waals surface area contributed by atoms with Crippen LogP contribution in [-0.2, 0) is 27.9 Å². The Morgan fingerprint density at radius 3 is 2.59 bits per heavy atom. The van der Waals surface area contributed by atoms with Gasteiger partial charge in [-0.3, -0.25) is 0 Å². The molecule has 184 valence electrons. The van der Waals surface area contributed by atoms with Crippen molar-refractivity contribution in [2.75, 3.05) is 13.2 Å². The van der Waals surface area contributed by atoms with Gasteiger partial charge in [0.05, 0.1) is 39.8 Å². The Kier molecular flexibility index (Phi) is 8.42. The maximum absolute atomic E-state index is 13.0. The maximum atomic E-state index is 13.0. The molecule has 0 aliphatic rings. The second kappa shape index (κ2) is 10.9. The molecule has 0 amide bonds. The molecule has 0 bridgehead atoms. The number of amidine groups is 1. The third kappa shape index (κ3) is 5.31. The molecule has 3 aromatic rings. The van der Waals surface area contributed by atoms with E-state index in [0.29, 0.717) is 21.7 Å². The van der Waals surface area contributed by atoms with Gasteiger partial charge in [-0.15, -0.1) is 21.2 Å². The number of aromatic nitrogens is 1. The highest BCUT2D eigenvalue weighted by atomic mass is 32.2. The Morgan fingerprint density at radius 2 is 2.00 bits per heavy atom. The quantitative estimate of drug-likeness (QED) is 0.0474. The smallest absolute Gasteiger partial charge is 0.243 e. The van der Waals surface area contributed by atoms with Crippen LogP contribution >= 0.6 is 11.3 Å². The predicted octanol–water partition coefficient (Wildman–Crippen LogP) is -1.92. The molecule has 3 rings (SSSR count). The second-order valence-corrected chi connectivity index (χ2v) is 10.8. The van der Waals surface area contributed by atoms with Gasteiger partial charge < -0.3 is 26.9 Å². The lowest BCUT2D eigenvalue weighted by molar-refractivity contribution is 0.259. The van der Waals surface area contributed by atoms with Gasteiger partial charge in [0.2, 0.25) is 10.0 Å². The molecule has 13 N–H and O–H groups in total. The van der Waals surface area contributed by atoms with Gasteiger partial charge in [-0.05, 0) is 23.8 Å². The number of nitrogens with one attached hydrogen (secondary N) is 2. The number of benzene rings is 2. The number of hydrazine groups is 1. The molecule has 0 saturated heterocycles. The first-order valence-corrected chi connectivity index (χ1v) is 13.2. The molecule has 2 unspecified atom stereocenters. The Labute approximate surface area is 202 Å². The fourth-order valence-corrected chi connectivity index (χ4v) is 6.63. The summed E-state index contributed by atoms with van der Waals surface area (Å²) in [6.45, 7) is -0.243. The number of hydrazone groups is 1. The number of aliphatic hydroxyl groups is 1. The molecule has 1 aromatic heterocycles. The van der Waals surface area contributed by atoms with Crippen LogP contribution in [0.25, 0.3) is 21.3 Å². The topological polar surface area (TPSA) is 257 Å². The van der Waals surface area contributed by atoms with Crippen LogP contribution in [0.2, 0.25) is 0 Å². The molecule has 0 spiro atoms. The van der Waals surface area contributed by atoms with E-state index in [9.17, 15) is 18.1 Å². The largest absolute Gasteiger partial charge is 0.593 e. The summed E-state index contributed by atoms with van der Waals surface area (Å²) in [5.74, 6) is 4.97. The van der Waals surface area contributed by atoms with Crippen LogP contribution in [0.3, 0.4) is 0 Å². The van der Waals surface area contributed by atoms with Crippen LogP contribution in [0.15, 0.2) is 45.2 Å². The van der Waals surface area contributed by atoms with Crippen LogP contribution in [0.4, 0.5) is 0 Å². The van der Waals surface area contributed by atoms with E-state index in [1.165, 1.54) is 23.5 Å². The minimum Gasteiger partial charge on any atom is -0.593 e. The molecule has 0 saturated carbocycles. The van der Waals surface area contributed by atoms with Crippen LogP contribution in [0, 0.1) is 0 Å². The number of para-hydroxylation sites is 1. The minimum absolute atomic E-state index is 0.0477. The Morgan fingerprint density at radius 1 is 1.26 bits per heavy atom. The normalized spacial score (nSPS) is 14.4. The summed E-state index contributed by atoms with van der Waals surface area (Å²) >= 11 is -0.739. The summed E-state index contributed by atoms with van der Waals surface area (Å²) in [5, 5.41) is 19.4. The van der Waals surface area contributed by atoms with Gasteiger partial charge in [0.1, 0.15) is 5.01 Å². The third-order valence-corrected chi connectivity index (χ3v) is 8.21. The van der Waals surface area contributed by atoms with Crippen molar-refractivity contribution in [3.63, 3.8) is 0 Å². The van der Waals surface area contributed by atoms with E-state index in [2.05, 4.69) is 14.8 Å². The number of sulfonamides is 1. The monoisotopic (exact) mass is 527 g/mol. The van der Waals surface area contributed by atoms with Crippen molar-refractivity contribution in [2.45, 2.75) is 22.4 Å². The number of primary sulfonamides is 1. The molecule has 34 heavy (non-hydrogen) atoms. The SMILES string of the molecule is NCc1nc2c(-c3ccc([S+]([O-])NC(CN)CO)c(S(N)(=O)=O)c3/C(N)=N/NN)cccc2s1. The van der Waals surface area contributed by atoms with Gasteiger partial charge in [0, 0.05) is 18.7 Å². The average molecular weight is 528 g/mol. The molecule has 2 atom stereocenters. The molecule has 0 aliphatic heterocycles. The zero-order valence-corrected chi connectivity index (χ0v) is 20.2. The minimum atomic E-state index is -4.50. The lowest BCUT2D eigenvalue weighted by atomic mass is 9.98. The van der Waals surface area contributed by atoms with Crippen LogP contribution in [-0.4, -0.2) is 48.1 Å². The van der Waals surface area contributed by atoms with Gasteiger partial charge in [-0.25, -0.2) is 29.9 Å². The molecule has 0 radical (unpaired) electrons. The van der Waals surface area contributed by atoms with Gasteiger partial charge in [0.15, 0.2) is 15.6 Å². The van der Waals surface area contributed by atoms with E-state index in [1.54, 1.807) is 12.1 Å². The van der Waals surface area contributed by atoms with E-state index < -0.39 is 38.9 Å². The molecule has 16 heteroatoms. The molecule has 2 aromatic carbocycles. The van der Waals surface area contributed by atoms with E-state index in [0.717, 1.165) is 4.70 Å². The maximum Gasteiger partial charge on any atom is 0.243 e. The van der Waals surface area contributed by atoms with Gasteiger partial charge in [-0.1, -0.05) is 12.1 Å². The summed E-state index contributed by atoms with van der Waals surface area (Å²) in [6.07, 6.45) is 0. The van der Waals surface area contributed by atoms with E-state index in [-0.39, 0.29) is 29.4 Å². The zero-order valence-electron chi connectivity index (χ0n) is 17.8. The van der Waals surface area contributed by atoms with Crippen LogP contribution in [0.5, 0.6) is 0 Å². The third-order valence-electron chi connectivity index (χ3n) is 4.75. The van der Waals surface area contributed by atoms with E-state index >= 15 is 0 Å². The number of nitrogens with zero attached hydrogens (tertiary/aromatic N) is 2. The van der Waals surface area contributed by atoms with Gasteiger partial charge in [0.25, 0.3) is 0 Å². The van der Waals surface area contributed by atoms with Crippen molar-refractivity contribution in [3.8, 4) is 11.1 Å². The summed E-state index contributed by atoms with van der Waals surface area (Å²) in [7, 11) is -4.50. The molecular weight excluding hydrogens is 502 g/mol. The summed E-state index contributed by atoms with van der Waals surface area (Å²) in [5.41, 5.74) is 20.7. The van der Waals surface area contributed by atoms with Crippen molar-refractivity contribution >= 4 is 48.8 Å². The van der Waals surface area contributed by atoms with Crippen molar-refractivity contribution in [2.24, 2.45) is 33.3 Å². The Bertz CT molecular complexity index is 1310. The highest BCUT2D eigenvalue weighted by molar-refractivity contribution is 7.92.